The Bertz CT molecular complexity index is 1260. The molecule has 1 saturated heterocycles. The average Bonchev–Trinajstić information content (AvgIpc) is 3.63. The van der Waals surface area contributed by atoms with E-state index in [4.69, 9.17) is 14.5 Å². The van der Waals surface area contributed by atoms with Gasteiger partial charge in [-0.25, -0.2) is 4.98 Å². The molecule has 0 amide bonds. The molecule has 34 heavy (non-hydrogen) atoms. The predicted molar refractivity (Wildman–Crippen MR) is 138 cm³/mol. The maximum absolute atomic E-state index is 5.60. The fourth-order valence-electron chi connectivity index (χ4n) is 4.09. The minimum absolute atomic E-state index is 0.701. The molecule has 7 nitrogen and oxygen atoms in total. The molecule has 1 aliphatic rings. The minimum Gasteiger partial charge on any atom is -0.493 e. The van der Waals surface area contributed by atoms with Gasteiger partial charge >= 0.3 is 0 Å². The van der Waals surface area contributed by atoms with Gasteiger partial charge in [-0.2, -0.15) is 0 Å². The molecule has 176 valence electrons. The van der Waals surface area contributed by atoms with Gasteiger partial charge in [-0.1, -0.05) is 35.5 Å². The Kier molecular flexibility index (Phi) is 6.73. The van der Waals surface area contributed by atoms with E-state index in [2.05, 4.69) is 56.2 Å². The van der Waals surface area contributed by atoms with E-state index in [1.807, 2.05) is 18.2 Å². The third-order valence-electron chi connectivity index (χ3n) is 5.83. The third-order valence-corrected chi connectivity index (χ3v) is 7.72. The number of hydrogen-bond donors (Lipinski definition) is 0. The highest BCUT2D eigenvalue weighted by Crippen LogP contribution is 2.39. The van der Waals surface area contributed by atoms with Crippen molar-refractivity contribution < 1.29 is 9.47 Å². The summed E-state index contributed by atoms with van der Waals surface area (Å²) >= 11 is 3.26. The molecular weight excluding hydrogens is 466 g/mol. The van der Waals surface area contributed by atoms with E-state index < -0.39 is 0 Å². The molecule has 0 saturated carbocycles. The second-order valence-electron chi connectivity index (χ2n) is 8.12. The van der Waals surface area contributed by atoms with Crippen molar-refractivity contribution in [1.82, 2.24) is 19.7 Å². The Morgan fingerprint density at radius 1 is 1.00 bits per heavy atom. The zero-order valence-electron chi connectivity index (χ0n) is 19.5. The topological polar surface area (TPSA) is 65.3 Å². The molecule has 3 heterocycles. The van der Waals surface area contributed by atoms with E-state index >= 15 is 0 Å². The molecule has 1 fully saturated rings. The van der Waals surface area contributed by atoms with Crippen LogP contribution in [0.2, 0.25) is 0 Å². The summed E-state index contributed by atoms with van der Waals surface area (Å²) in [5.74, 6) is 3.02. The van der Waals surface area contributed by atoms with Crippen LogP contribution in [0.4, 0.5) is 5.95 Å². The highest BCUT2D eigenvalue weighted by atomic mass is 32.2. The van der Waals surface area contributed by atoms with Crippen LogP contribution in [0.3, 0.4) is 0 Å². The molecule has 4 aromatic rings. The lowest BCUT2D eigenvalue weighted by Gasteiger charge is -2.18. The molecule has 0 N–H and O–H groups in total. The van der Waals surface area contributed by atoms with Gasteiger partial charge in [-0.05, 0) is 44.0 Å². The van der Waals surface area contributed by atoms with Gasteiger partial charge in [0.2, 0.25) is 5.95 Å². The largest absolute Gasteiger partial charge is 0.493 e. The number of nitrogens with zero attached hydrogens (tertiary/aromatic N) is 5. The van der Waals surface area contributed by atoms with E-state index in [-0.39, 0.29) is 0 Å². The first-order chi connectivity index (χ1) is 16.7. The van der Waals surface area contributed by atoms with Gasteiger partial charge in [0, 0.05) is 24.2 Å². The smallest absolute Gasteiger partial charge is 0.232 e. The first-order valence-corrected chi connectivity index (χ1v) is 13.1. The van der Waals surface area contributed by atoms with Crippen molar-refractivity contribution in [2.24, 2.45) is 0 Å². The summed E-state index contributed by atoms with van der Waals surface area (Å²) in [4.78, 5) is 7.20. The van der Waals surface area contributed by atoms with Crippen LogP contribution in [0, 0.1) is 6.92 Å². The van der Waals surface area contributed by atoms with Crippen molar-refractivity contribution >= 4 is 29.0 Å². The number of para-hydroxylation sites is 1. The van der Waals surface area contributed by atoms with E-state index in [0.717, 1.165) is 46.1 Å². The highest BCUT2D eigenvalue weighted by Gasteiger charge is 2.23. The van der Waals surface area contributed by atoms with Crippen LogP contribution < -0.4 is 14.4 Å². The van der Waals surface area contributed by atoms with E-state index in [0.29, 0.717) is 17.3 Å². The van der Waals surface area contributed by atoms with E-state index in [1.165, 1.54) is 18.4 Å². The fraction of sp³-hybridized carbons (Fsp3) is 0.320. The number of hydrogen-bond acceptors (Lipinski definition) is 8. The van der Waals surface area contributed by atoms with Crippen molar-refractivity contribution in [1.29, 1.82) is 0 Å². The number of methoxy groups -OCH3 is 2. The Labute approximate surface area is 207 Å². The summed E-state index contributed by atoms with van der Waals surface area (Å²) in [6.45, 7) is 4.14. The monoisotopic (exact) mass is 493 g/mol. The molecule has 0 bridgehead atoms. The van der Waals surface area contributed by atoms with Crippen LogP contribution in [0.1, 0.15) is 24.1 Å². The minimum atomic E-state index is 0.701. The number of thioether (sulfide) groups is 1. The zero-order chi connectivity index (χ0) is 23.5. The van der Waals surface area contributed by atoms with E-state index in [9.17, 15) is 0 Å². The van der Waals surface area contributed by atoms with Crippen LogP contribution in [0.25, 0.3) is 16.3 Å². The first-order valence-electron chi connectivity index (χ1n) is 11.2. The maximum Gasteiger partial charge on any atom is 0.232 e. The molecule has 0 spiro atoms. The van der Waals surface area contributed by atoms with Crippen molar-refractivity contribution in [2.75, 3.05) is 32.2 Å². The lowest BCUT2D eigenvalue weighted by Crippen LogP contribution is -2.22. The first kappa shape index (κ1) is 22.7. The summed E-state index contributed by atoms with van der Waals surface area (Å²) in [5, 5.41) is 13.0. The van der Waals surface area contributed by atoms with Crippen molar-refractivity contribution in [3.05, 3.63) is 59.1 Å². The molecular formula is C25H27N5O2S2. The van der Waals surface area contributed by atoms with Gasteiger partial charge < -0.3 is 14.4 Å². The zero-order valence-corrected chi connectivity index (χ0v) is 21.2. The van der Waals surface area contributed by atoms with Gasteiger partial charge in [0.25, 0.3) is 0 Å². The van der Waals surface area contributed by atoms with Gasteiger partial charge in [0.15, 0.2) is 16.7 Å². The second kappa shape index (κ2) is 10.1. The number of aromatic nitrogens is 4. The summed E-state index contributed by atoms with van der Waals surface area (Å²) < 4.78 is 13.2. The summed E-state index contributed by atoms with van der Waals surface area (Å²) in [5.41, 5.74) is 4.25. The summed E-state index contributed by atoms with van der Waals surface area (Å²) in [7, 11) is 3.30. The van der Waals surface area contributed by atoms with Gasteiger partial charge in [0.1, 0.15) is 5.01 Å². The van der Waals surface area contributed by atoms with E-state index in [1.54, 1.807) is 37.3 Å². The Morgan fingerprint density at radius 2 is 1.79 bits per heavy atom. The molecule has 0 atom stereocenters. The Morgan fingerprint density at radius 3 is 2.53 bits per heavy atom. The molecule has 0 aliphatic carbocycles. The molecule has 2 aromatic carbocycles. The molecule has 1 aliphatic heterocycles. The lowest BCUT2D eigenvalue weighted by molar-refractivity contribution is 0.356. The number of thiazole rings is 1. The maximum atomic E-state index is 5.60. The van der Waals surface area contributed by atoms with Crippen LogP contribution in [-0.4, -0.2) is 47.1 Å². The highest BCUT2D eigenvalue weighted by molar-refractivity contribution is 7.98. The second-order valence-corrected chi connectivity index (χ2v) is 9.92. The van der Waals surface area contributed by atoms with Crippen LogP contribution in [0.5, 0.6) is 11.5 Å². The predicted octanol–water partition coefficient (Wildman–Crippen LogP) is 5.61. The Balaban J connectivity index is 1.40. The SMILES string of the molecule is COc1cccc(-c2nc(CSc3nnc(N4CCCC4)n3-c3ccc(C)cc3)cs2)c1OC. The molecule has 0 radical (unpaired) electrons. The van der Waals surface area contributed by atoms with Crippen LogP contribution in [0.15, 0.2) is 53.0 Å². The number of benzene rings is 2. The normalized spacial score (nSPS) is 13.4. The number of rotatable bonds is 8. The van der Waals surface area contributed by atoms with Crippen molar-refractivity contribution in [3.8, 4) is 27.8 Å². The van der Waals surface area contributed by atoms with Gasteiger partial charge in [-0.3, -0.25) is 4.57 Å². The Hall–Kier alpha value is -3.04. The lowest BCUT2D eigenvalue weighted by atomic mass is 10.2. The molecule has 9 heteroatoms. The quantitative estimate of drug-likeness (QED) is 0.296. The molecule has 2 aromatic heterocycles. The van der Waals surface area contributed by atoms with Crippen LogP contribution in [-0.2, 0) is 5.75 Å². The molecule has 0 unspecified atom stereocenters. The average molecular weight is 494 g/mol. The number of aryl methyl sites for hydroxylation is 1. The van der Waals surface area contributed by atoms with Gasteiger partial charge in [-0.15, -0.1) is 21.5 Å². The van der Waals surface area contributed by atoms with Crippen molar-refractivity contribution in [2.45, 2.75) is 30.7 Å². The summed E-state index contributed by atoms with van der Waals surface area (Å²) in [6.07, 6.45) is 2.39. The standard InChI is InChI=1S/C25H27N5O2S2/c1-17-9-11-19(12-10-17)30-24(29-13-4-5-14-29)27-28-25(30)34-16-18-15-33-23(26-18)20-7-6-8-21(31-2)22(20)32-3/h6-12,15H,4-5,13-14,16H2,1-3H3. The summed E-state index contributed by atoms with van der Waals surface area (Å²) in [6, 6.07) is 14.4. The molecule has 5 rings (SSSR count). The number of ether oxygens (including phenoxy) is 2. The van der Waals surface area contributed by atoms with Crippen molar-refractivity contribution in [3.63, 3.8) is 0 Å². The van der Waals surface area contributed by atoms with Crippen LogP contribution >= 0.6 is 23.1 Å². The fourth-order valence-corrected chi connectivity index (χ4v) is 5.87. The third kappa shape index (κ3) is 4.50. The van der Waals surface area contributed by atoms with Gasteiger partial charge in [0.05, 0.1) is 31.2 Å². The number of anilines is 1.